The van der Waals surface area contributed by atoms with Crippen molar-refractivity contribution in [3.8, 4) is 11.4 Å². The van der Waals surface area contributed by atoms with Crippen molar-refractivity contribution in [2.24, 2.45) is 11.7 Å². The van der Waals surface area contributed by atoms with E-state index in [-0.39, 0.29) is 5.92 Å². The van der Waals surface area contributed by atoms with Crippen molar-refractivity contribution in [2.75, 3.05) is 0 Å². The van der Waals surface area contributed by atoms with Crippen LogP contribution in [0.5, 0.6) is 0 Å². The molecule has 182 valence electrons. The molecule has 1 aliphatic rings. The Morgan fingerprint density at radius 1 is 1.11 bits per heavy atom. The summed E-state index contributed by atoms with van der Waals surface area (Å²) in [4.78, 5) is 34.5. The standard InChI is InChI=1S/C28H32N4O3/c1-18(2)16-24(26(33)35-28(27(29)34)13-6-3-7-14-28)32-23-9-5-4-8-21(23)31-25(32)20-11-10-19-12-15-30-22(19)17-20/h4-5,8-12,15,17-18,24,30H,3,6-7,13-14,16H2,1-2H3,(H2,29,34). The molecule has 0 bridgehead atoms. The topological polar surface area (TPSA) is 103 Å². The first kappa shape index (κ1) is 23.1. The van der Waals surface area contributed by atoms with Gasteiger partial charge in [-0.3, -0.25) is 4.79 Å². The summed E-state index contributed by atoms with van der Waals surface area (Å²) in [7, 11) is 0. The summed E-state index contributed by atoms with van der Waals surface area (Å²) >= 11 is 0. The highest BCUT2D eigenvalue weighted by Gasteiger charge is 2.43. The Morgan fingerprint density at radius 2 is 1.89 bits per heavy atom. The normalized spacial score (nSPS) is 16.5. The number of nitrogens with two attached hydrogens (primary N) is 1. The second-order valence-corrected chi connectivity index (χ2v) is 10.1. The molecule has 7 nitrogen and oxygen atoms in total. The molecule has 2 heterocycles. The number of fused-ring (bicyclic) bond motifs is 2. The number of carbonyl (C=O) groups excluding carboxylic acids is 2. The molecule has 1 amide bonds. The molecule has 2 aromatic carbocycles. The molecule has 5 rings (SSSR count). The van der Waals surface area contributed by atoms with E-state index in [4.69, 9.17) is 15.5 Å². The van der Waals surface area contributed by atoms with Crippen molar-refractivity contribution >= 4 is 33.8 Å². The summed E-state index contributed by atoms with van der Waals surface area (Å²) < 4.78 is 8.04. The van der Waals surface area contributed by atoms with E-state index >= 15 is 0 Å². The zero-order valence-corrected chi connectivity index (χ0v) is 20.3. The van der Waals surface area contributed by atoms with Gasteiger partial charge in [0.1, 0.15) is 11.9 Å². The van der Waals surface area contributed by atoms with Gasteiger partial charge in [0.25, 0.3) is 5.91 Å². The molecular formula is C28H32N4O3. The lowest BCUT2D eigenvalue weighted by Gasteiger charge is -2.35. The third-order valence-electron chi connectivity index (χ3n) is 7.09. The zero-order chi connectivity index (χ0) is 24.6. The van der Waals surface area contributed by atoms with Gasteiger partial charge in [0.05, 0.1) is 11.0 Å². The summed E-state index contributed by atoms with van der Waals surface area (Å²) in [6, 6.07) is 15.3. The van der Waals surface area contributed by atoms with Gasteiger partial charge in [-0.1, -0.05) is 44.5 Å². The van der Waals surface area contributed by atoms with E-state index in [1.807, 2.05) is 53.2 Å². The Kier molecular flexibility index (Phi) is 6.09. The Bertz CT molecular complexity index is 1380. The van der Waals surface area contributed by atoms with E-state index < -0.39 is 23.5 Å². The molecule has 1 saturated carbocycles. The predicted octanol–water partition coefficient (Wildman–Crippen LogP) is 5.50. The third-order valence-corrected chi connectivity index (χ3v) is 7.09. The van der Waals surface area contributed by atoms with Crippen LogP contribution in [0.4, 0.5) is 0 Å². The molecule has 1 atom stereocenters. The van der Waals surface area contributed by atoms with Crippen molar-refractivity contribution in [3.63, 3.8) is 0 Å². The first-order valence-electron chi connectivity index (χ1n) is 12.5. The minimum atomic E-state index is -1.23. The number of nitrogens with zero attached hydrogens (tertiary/aromatic N) is 2. The maximum atomic E-state index is 13.9. The summed E-state index contributed by atoms with van der Waals surface area (Å²) in [5, 5.41) is 1.11. The quantitative estimate of drug-likeness (QED) is 0.347. The summed E-state index contributed by atoms with van der Waals surface area (Å²) in [5.74, 6) is -0.0723. The number of imidazole rings is 1. The number of carbonyl (C=O) groups is 2. The summed E-state index contributed by atoms with van der Waals surface area (Å²) in [6.45, 7) is 4.16. The van der Waals surface area contributed by atoms with Gasteiger partial charge < -0.3 is 20.0 Å². The van der Waals surface area contributed by atoms with Crippen LogP contribution in [-0.4, -0.2) is 32.0 Å². The van der Waals surface area contributed by atoms with Crippen molar-refractivity contribution in [3.05, 3.63) is 54.7 Å². The van der Waals surface area contributed by atoms with Crippen LogP contribution < -0.4 is 5.73 Å². The number of rotatable bonds is 7. The first-order chi connectivity index (χ1) is 16.9. The van der Waals surface area contributed by atoms with Gasteiger partial charge in [-0.2, -0.15) is 0 Å². The van der Waals surface area contributed by atoms with Gasteiger partial charge in [-0.05, 0) is 67.7 Å². The number of ether oxygens (including phenoxy) is 1. The van der Waals surface area contributed by atoms with Crippen molar-refractivity contribution in [1.82, 2.24) is 14.5 Å². The molecule has 0 radical (unpaired) electrons. The molecule has 3 N–H and O–H groups in total. The van der Waals surface area contributed by atoms with E-state index in [0.29, 0.717) is 25.1 Å². The van der Waals surface area contributed by atoms with Crippen LogP contribution in [0, 0.1) is 5.92 Å². The number of nitrogens with one attached hydrogen (secondary N) is 1. The second kappa shape index (κ2) is 9.21. The monoisotopic (exact) mass is 472 g/mol. The van der Waals surface area contributed by atoms with Crippen molar-refractivity contribution in [1.29, 1.82) is 0 Å². The van der Waals surface area contributed by atoms with Gasteiger partial charge in [-0.15, -0.1) is 0 Å². The van der Waals surface area contributed by atoms with Crippen LogP contribution in [0.1, 0.15) is 58.4 Å². The van der Waals surface area contributed by atoms with E-state index in [0.717, 1.165) is 46.8 Å². The number of hydrogen-bond donors (Lipinski definition) is 2. The molecule has 4 aromatic rings. The van der Waals surface area contributed by atoms with Gasteiger partial charge in [-0.25, -0.2) is 9.78 Å². The number of aromatic amines is 1. The Morgan fingerprint density at radius 3 is 2.63 bits per heavy atom. The SMILES string of the molecule is CC(C)CC(C(=O)OC1(C(N)=O)CCCCC1)n1c(-c2ccc3cc[nH]c3c2)nc2ccccc21. The zero-order valence-electron chi connectivity index (χ0n) is 20.3. The molecule has 0 aliphatic heterocycles. The number of esters is 1. The van der Waals surface area contributed by atoms with Crippen LogP contribution in [0.25, 0.3) is 33.3 Å². The second-order valence-electron chi connectivity index (χ2n) is 10.1. The van der Waals surface area contributed by atoms with E-state index in [9.17, 15) is 9.59 Å². The van der Waals surface area contributed by atoms with Crippen LogP contribution in [0.15, 0.2) is 54.7 Å². The largest absolute Gasteiger partial charge is 0.447 e. The fourth-order valence-corrected chi connectivity index (χ4v) is 5.29. The number of amides is 1. The van der Waals surface area contributed by atoms with Gasteiger partial charge in [0.2, 0.25) is 0 Å². The van der Waals surface area contributed by atoms with Crippen LogP contribution in [-0.2, 0) is 14.3 Å². The molecule has 7 heteroatoms. The number of primary amides is 1. The van der Waals surface area contributed by atoms with Crippen LogP contribution in [0.2, 0.25) is 0 Å². The molecule has 0 spiro atoms. The molecule has 1 aliphatic carbocycles. The average Bonchev–Trinajstić information content (AvgIpc) is 3.47. The Hall–Kier alpha value is -3.61. The maximum absolute atomic E-state index is 13.9. The minimum Gasteiger partial charge on any atom is -0.447 e. The number of hydrogen-bond acceptors (Lipinski definition) is 4. The first-order valence-corrected chi connectivity index (χ1v) is 12.5. The van der Waals surface area contributed by atoms with E-state index in [2.05, 4.69) is 24.9 Å². The van der Waals surface area contributed by atoms with Crippen LogP contribution in [0.3, 0.4) is 0 Å². The highest BCUT2D eigenvalue weighted by molar-refractivity contribution is 5.90. The minimum absolute atomic E-state index is 0.211. The van der Waals surface area contributed by atoms with E-state index in [1.165, 1.54) is 0 Å². The molecule has 1 unspecified atom stereocenters. The van der Waals surface area contributed by atoms with Gasteiger partial charge in [0, 0.05) is 17.3 Å². The Balaban J connectivity index is 1.63. The third kappa shape index (κ3) is 4.31. The molecule has 2 aromatic heterocycles. The summed E-state index contributed by atoms with van der Waals surface area (Å²) in [5.41, 5.74) is 8.11. The smallest absolute Gasteiger partial charge is 0.330 e. The summed E-state index contributed by atoms with van der Waals surface area (Å²) in [6.07, 6.45) is 6.06. The van der Waals surface area contributed by atoms with Gasteiger partial charge >= 0.3 is 5.97 Å². The Labute approximate surface area is 204 Å². The number of benzene rings is 2. The lowest BCUT2D eigenvalue weighted by atomic mass is 9.84. The lowest BCUT2D eigenvalue weighted by molar-refractivity contribution is -0.174. The lowest BCUT2D eigenvalue weighted by Crippen LogP contribution is -2.50. The molecular weight excluding hydrogens is 440 g/mol. The number of para-hydroxylation sites is 2. The molecule has 35 heavy (non-hydrogen) atoms. The molecule has 1 fully saturated rings. The van der Waals surface area contributed by atoms with Crippen LogP contribution >= 0.6 is 0 Å². The fourth-order valence-electron chi connectivity index (χ4n) is 5.29. The van der Waals surface area contributed by atoms with Gasteiger partial charge in [0.15, 0.2) is 5.60 Å². The average molecular weight is 473 g/mol. The maximum Gasteiger partial charge on any atom is 0.330 e. The fraction of sp³-hybridized carbons (Fsp3) is 0.393. The number of aromatic nitrogens is 3. The van der Waals surface area contributed by atoms with E-state index in [1.54, 1.807) is 0 Å². The predicted molar refractivity (Wildman–Crippen MR) is 137 cm³/mol. The highest BCUT2D eigenvalue weighted by Crippen LogP contribution is 2.37. The molecule has 0 saturated heterocycles. The van der Waals surface area contributed by atoms with Crippen molar-refractivity contribution in [2.45, 2.75) is 64.0 Å². The highest BCUT2D eigenvalue weighted by atomic mass is 16.6. The van der Waals surface area contributed by atoms with Crippen molar-refractivity contribution < 1.29 is 14.3 Å². The number of H-pyrrole nitrogens is 1.